The molecule has 2 aromatic rings. The van der Waals surface area contributed by atoms with Crippen molar-refractivity contribution in [1.29, 1.82) is 0 Å². The first-order valence-electron chi connectivity index (χ1n) is 9.45. The molecule has 0 aromatic heterocycles. The van der Waals surface area contributed by atoms with E-state index in [2.05, 4.69) is 31.3 Å². The van der Waals surface area contributed by atoms with Crippen molar-refractivity contribution in [3.05, 3.63) is 71.4 Å². The number of fused-ring (bicyclic) bond motifs is 1. The van der Waals surface area contributed by atoms with E-state index in [0.29, 0.717) is 5.92 Å². The topological polar surface area (TPSA) is 49.4 Å². The van der Waals surface area contributed by atoms with E-state index in [1.54, 1.807) is 11.1 Å². The molecule has 0 aliphatic carbocycles. The zero-order valence-electron chi connectivity index (χ0n) is 16.1. The van der Waals surface area contributed by atoms with E-state index in [1.165, 1.54) is 12.5 Å². The minimum absolute atomic E-state index is 0.0727. The number of carbonyl (C=O) groups is 2. The molecule has 0 spiro atoms. The molecule has 2 unspecified atom stereocenters. The fourth-order valence-electron chi connectivity index (χ4n) is 3.43. The second-order valence-corrected chi connectivity index (χ2v) is 7.07. The van der Waals surface area contributed by atoms with Crippen LogP contribution >= 0.6 is 0 Å². The van der Waals surface area contributed by atoms with Crippen molar-refractivity contribution in [3.63, 3.8) is 0 Å². The van der Waals surface area contributed by atoms with Gasteiger partial charge in [-0.05, 0) is 47.2 Å². The van der Waals surface area contributed by atoms with Crippen LogP contribution in [0, 0.1) is 0 Å². The van der Waals surface area contributed by atoms with Gasteiger partial charge in [-0.25, -0.2) is 0 Å². The van der Waals surface area contributed by atoms with Crippen molar-refractivity contribution in [3.8, 4) is 0 Å². The second-order valence-electron chi connectivity index (χ2n) is 7.07. The van der Waals surface area contributed by atoms with Gasteiger partial charge in [-0.2, -0.15) is 0 Å². The second kappa shape index (κ2) is 8.21. The van der Waals surface area contributed by atoms with Crippen molar-refractivity contribution in [2.24, 2.45) is 0 Å². The average Bonchev–Trinajstić information content (AvgIpc) is 2.68. The van der Waals surface area contributed by atoms with Crippen LogP contribution in [0.5, 0.6) is 0 Å². The molecule has 2 atom stereocenters. The van der Waals surface area contributed by atoms with Crippen molar-refractivity contribution >= 4 is 23.6 Å². The van der Waals surface area contributed by atoms with Crippen LogP contribution < -0.4 is 5.32 Å². The number of nitrogens with one attached hydrogen (secondary N) is 1. The Morgan fingerprint density at radius 1 is 1.11 bits per heavy atom. The third kappa shape index (κ3) is 4.27. The maximum Gasteiger partial charge on any atom is 0.226 e. The highest BCUT2D eigenvalue weighted by Crippen LogP contribution is 2.33. The van der Waals surface area contributed by atoms with E-state index < -0.39 is 0 Å². The molecular weight excluding hydrogens is 336 g/mol. The number of nitrogens with zero attached hydrogens (tertiary/aromatic N) is 1. The van der Waals surface area contributed by atoms with Gasteiger partial charge in [-0.3, -0.25) is 9.59 Å². The van der Waals surface area contributed by atoms with Gasteiger partial charge in [0.15, 0.2) is 0 Å². The Morgan fingerprint density at radius 2 is 1.81 bits per heavy atom. The molecule has 0 bridgehead atoms. The summed E-state index contributed by atoms with van der Waals surface area (Å²) < 4.78 is 0. The van der Waals surface area contributed by atoms with Gasteiger partial charge in [0.05, 0.1) is 12.5 Å². The van der Waals surface area contributed by atoms with E-state index in [9.17, 15) is 9.59 Å². The molecule has 4 nitrogen and oxygen atoms in total. The maximum absolute atomic E-state index is 12.7. The van der Waals surface area contributed by atoms with Gasteiger partial charge >= 0.3 is 0 Å². The Labute approximate surface area is 160 Å². The lowest BCUT2D eigenvalue weighted by Crippen LogP contribution is -2.33. The monoisotopic (exact) mass is 362 g/mol. The van der Waals surface area contributed by atoms with E-state index in [1.807, 2.05) is 42.5 Å². The lowest BCUT2D eigenvalue weighted by Gasteiger charge is -2.32. The summed E-state index contributed by atoms with van der Waals surface area (Å²) in [4.78, 5) is 26.3. The van der Waals surface area contributed by atoms with Crippen LogP contribution in [0.1, 0.15) is 62.3 Å². The largest absolute Gasteiger partial charge is 0.326 e. The van der Waals surface area contributed by atoms with Crippen LogP contribution in [0.2, 0.25) is 0 Å². The number of anilines is 1. The summed E-state index contributed by atoms with van der Waals surface area (Å²) in [5.74, 6) is 0.327. The molecule has 1 heterocycles. The zero-order chi connectivity index (χ0) is 19.4. The summed E-state index contributed by atoms with van der Waals surface area (Å²) in [6.07, 6.45) is 4.98. The fourth-order valence-corrected chi connectivity index (χ4v) is 3.43. The number of hydrogen-bond donors (Lipinski definition) is 1. The summed E-state index contributed by atoms with van der Waals surface area (Å²) in [6.45, 7) is 5.88. The van der Waals surface area contributed by atoms with Crippen molar-refractivity contribution in [1.82, 2.24) is 4.90 Å². The van der Waals surface area contributed by atoms with E-state index in [-0.39, 0.29) is 24.3 Å². The molecule has 27 heavy (non-hydrogen) atoms. The number of carbonyl (C=O) groups excluding carboxylic acids is 2. The first kappa shape index (κ1) is 18.9. The van der Waals surface area contributed by atoms with E-state index in [0.717, 1.165) is 23.2 Å². The lowest BCUT2D eigenvalue weighted by atomic mass is 9.93. The van der Waals surface area contributed by atoms with Gasteiger partial charge in [0.25, 0.3) is 0 Å². The lowest BCUT2D eigenvalue weighted by molar-refractivity contribution is -0.129. The molecule has 2 amide bonds. The van der Waals surface area contributed by atoms with Crippen molar-refractivity contribution < 1.29 is 9.59 Å². The van der Waals surface area contributed by atoms with Crippen molar-refractivity contribution in [2.75, 3.05) is 5.32 Å². The van der Waals surface area contributed by atoms with Gasteiger partial charge in [0.2, 0.25) is 11.8 Å². The van der Waals surface area contributed by atoms with Gasteiger partial charge in [0, 0.05) is 18.8 Å². The molecule has 4 heteroatoms. The minimum Gasteiger partial charge on any atom is -0.326 e. The molecule has 0 radical (unpaired) electrons. The Morgan fingerprint density at radius 3 is 2.48 bits per heavy atom. The predicted octanol–water partition coefficient (Wildman–Crippen LogP) is 5.10. The van der Waals surface area contributed by atoms with Crippen LogP contribution in [-0.4, -0.2) is 16.7 Å². The minimum atomic E-state index is -0.289. The molecule has 1 aliphatic rings. The standard InChI is InChI=1S/C23H26N2O2/c1-4-16(2)18-9-11-20(12-10-18)24-23(27)15-22-21-8-6-5-7-19(21)13-14-25(22)17(3)26/h5-14,16,22H,4,15H2,1-3H3,(H,24,27). The Hall–Kier alpha value is -2.88. The molecule has 1 N–H and O–H groups in total. The fraction of sp³-hybridized carbons (Fsp3) is 0.304. The Kier molecular flexibility index (Phi) is 5.75. The van der Waals surface area contributed by atoms with Crippen LogP contribution in [0.25, 0.3) is 6.08 Å². The zero-order valence-corrected chi connectivity index (χ0v) is 16.1. The third-order valence-corrected chi connectivity index (χ3v) is 5.22. The van der Waals surface area contributed by atoms with Gasteiger partial charge in [-0.15, -0.1) is 0 Å². The predicted molar refractivity (Wildman–Crippen MR) is 109 cm³/mol. The molecule has 2 aromatic carbocycles. The van der Waals surface area contributed by atoms with Crippen LogP contribution in [-0.2, 0) is 9.59 Å². The highest BCUT2D eigenvalue weighted by molar-refractivity contribution is 5.92. The number of benzene rings is 2. The molecule has 0 fully saturated rings. The maximum atomic E-state index is 12.7. The summed E-state index contributed by atoms with van der Waals surface area (Å²) in [6, 6.07) is 15.6. The van der Waals surface area contributed by atoms with Crippen LogP contribution in [0.3, 0.4) is 0 Å². The van der Waals surface area contributed by atoms with Crippen LogP contribution in [0.15, 0.2) is 54.7 Å². The summed E-state index contributed by atoms with van der Waals surface area (Å²) in [5, 5.41) is 2.96. The molecule has 1 aliphatic heterocycles. The third-order valence-electron chi connectivity index (χ3n) is 5.22. The molecule has 0 saturated carbocycles. The van der Waals surface area contributed by atoms with Gasteiger partial charge in [-0.1, -0.05) is 50.2 Å². The van der Waals surface area contributed by atoms with Gasteiger partial charge in [0.1, 0.15) is 0 Å². The SMILES string of the molecule is CCC(C)c1ccc(NC(=O)CC2c3ccccc3C=CN2C(C)=O)cc1. The average molecular weight is 362 g/mol. The van der Waals surface area contributed by atoms with Crippen molar-refractivity contribution in [2.45, 2.75) is 45.6 Å². The highest BCUT2D eigenvalue weighted by Gasteiger charge is 2.28. The van der Waals surface area contributed by atoms with Crippen LogP contribution in [0.4, 0.5) is 5.69 Å². The first-order valence-corrected chi connectivity index (χ1v) is 9.45. The molecule has 3 rings (SSSR count). The number of amides is 2. The summed E-state index contributed by atoms with van der Waals surface area (Å²) >= 11 is 0. The molecule has 0 saturated heterocycles. The normalized spacial score (nSPS) is 16.6. The Bertz CT molecular complexity index is 855. The molecular formula is C23H26N2O2. The first-order chi connectivity index (χ1) is 13.0. The number of rotatable bonds is 5. The quantitative estimate of drug-likeness (QED) is 0.804. The smallest absolute Gasteiger partial charge is 0.226 e. The summed E-state index contributed by atoms with van der Waals surface area (Å²) in [7, 11) is 0. The van der Waals surface area contributed by atoms with E-state index >= 15 is 0 Å². The number of hydrogen-bond acceptors (Lipinski definition) is 2. The summed E-state index contributed by atoms with van der Waals surface area (Å²) in [5.41, 5.74) is 4.09. The van der Waals surface area contributed by atoms with E-state index in [4.69, 9.17) is 0 Å². The highest BCUT2D eigenvalue weighted by atomic mass is 16.2. The van der Waals surface area contributed by atoms with Gasteiger partial charge < -0.3 is 10.2 Å². The molecule has 140 valence electrons. The Balaban J connectivity index is 1.74.